The molecule has 1 fully saturated rings. The predicted molar refractivity (Wildman–Crippen MR) is 37.2 cm³/mol. The van der Waals surface area contributed by atoms with Gasteiger partial charge in [-0.25, -0.2) is 0 Å². The minimum Gasteiger partial charge on any atom is -0.481 e. The van der Waals surface area contributed by atoms with Gasteiger partial charge in [-0.2, -0.15) is 0 Å². The summed E-state index contributed by atoms with van der Waals surface area (Å²) in [5.74, 6) is -0.981. The second-order valence-electron chi connectivity index (χ2n) is 3.12. The molecule has 0 spiro atoms. The van der Waals surface area contributed by atoms with Crippen molar-refractivity contribution in [3.05, 3.63) is 0 Å². The van der Waals surface area contributed by atoms with Crippen LogP contribution in [0.5, 0.6) is 0 Å². The minimum atomic E-state index is -1.13. The lowest BCUT2D eigenvalue weighted by Gasteiger charge is -2.16. The smallest absolute Gasteiger partial charge is 0.306 e. The van der Waals surface area contributed by atoms with Crippen LogP contribution < -0.4 is 0 Å². The normalized spacial score (nSPS) is 37.5. The molecule has 0 bridgehead atoms. The van der Waals surface area contributed by atoms with Gasteiger partial charge in [-0.1, -0.05) is 0 Å². The fourth-order valence-corrected chi connectivity index (χ4v) is 1.36. The van der Waals surface area contributed by atoms with Crippen LogP contribution in [0.4, 0.5) is 0 Å². The Morgan fingerprint density at radius 2 is 2.45 bits per heavy atom. The highest BCUT2D eigenvalue weighted by molar-refractivity contribution is 5.68. The first-order valence-electron chi connectivity index (χ1n) is 3.58. The Morgan fingerprint density at radius 3 is 2.82 bits per heavy atom. The molecule has 1 rings (SSSR count). The summed E-state index contributed by atoms with van der Waals surface area (Å²) < 4.78 is 5.06. The molecule has 4 nitrogen and oxygen atoms in total. The molecule has 2 N–H and O–H groups in total. The molecule has 0 unspecified atom stereocenters. The van der Waals surface area contributed by atoms with E-state index in [1.54, 1.807) is 0 Å². The van der Waals surface area contributed by atoms with Gasteiger partial charge in [-0.3, -0.25) is 4.79 Å². The van der Waals surface area contributed by atoms with Crippen LogP contribution >= 0.6 is 0 Å². The van der Waals surface area contributed by atoms with E-state index in [4.69, 9.17) is 9.84 Å². The van der Waals surface area contributed by atoms with Gasteiger partial charge in [-0.15, -0.1) is 0 Å². The highest BCUT2D eigenvalue weighted by Crippen LogP contribution is 2.26. The molecule has 0 saturated carbocycles. The topological polar surface area (TPSA) is 66.8 Å². The monoisotopic (exact) mass is 160 g/mol. The van der Waals surface area contributed by atoms with Gasteiger partial charge >= 0.3 is 5.97 Å². The fraction of sp³-hybridized carbons (Fsp3) is 0.857. The van der Waals surface area contributed by atoms with E-state index >= 15 is 0 Å². The maximum atomic E-state index is 10.3. The first kappa shape index (κ1) is 8.49. The molecule has 0 aromatic heterocycles. The van der Waals surface area contributed by atoms with E-state index in [0.29, 0.717) is 6.42 Å². The molecule has 4 heteroatoms. The molecule has 0 aliphatic carbocycles. The van der Waals surface area contributed by atoms with Crippen molar-refractivity contribution in [2.75, 3.05) is 6.61 Å². The number of carboxylic acid groups (broad SMARTS) is 1. The third-order valence-corrected chi connectivity index (χ3v) is 1.78. The zero-order valence-electron chi connectivity index (χ0n) is 6.41. The standard InChI is InChI=1S/C7H12O4/c1-5-2-7(10,4-11-5)3-6(8)9/h5,10H,2-4H2,1H3,(H,8,9)/t5-,7+/m0/s1. The lowest BCUT2D eigenvalue weighted by Crippen LogP contribution is -2.32. The molecular formula is C7H12O4. The van der Waals surface area contributed by atoms with Crippen LogP contribution in [-0.2, 0) is 9.53 Å². The molecule has 1 heterocycles. The molecule has 0 radical (unpaired) electrons. The SMILES string of the molecule is C[C@H]1C[C@@](O)(CC(=O)O)CO1. The summed E-state index contributed by atoms with van der Waals surface area (Å²) in [5, 5.41) is 17.9. The maximum absolute atomic E-state index is 10.3. The van der Waals surface area contributed by atoms with Crippen LogP contribution in [0.15, 0.2) is 0 Å². The van der Waals surface area contributed by atoms with E-state index < -0.39 is 11.6 Å². The van der Waals surface area contributed by atoms with Gasteiger partial charge in [0.2, 0.25) is 0 Å². The fourth-order valence-electron chi connectivity index (χ4n) is 1.36. The molecular weight excluding hydrogens is 148 g/mol. The summed E-state index contributed by atoms with van der Waals surface area (Å²) in [6, 6.07) is 0. The van der Waals surface area contributed by atoms with Gasteiger partial charge in [0.25, 0.3) is 0 Å². The number of hydrogen-bond donors (Lipinski definition) is 2. The zero-order chi connectivity index (χ0) is 8.48. The first-order chi connectivity index (χ1) is 5.02. The van der Waals surface area contributed by atoms with Gasteiger partial charge < -0.3 is 14.9 Å². The van der Waals surface area contributed by atoms with Crippen molar-refractivity contribution in [3.63, 3.8) is 0 Å². The Labute approximate surface area is 64.8 Å². The molecule has 1 aliphatic rings. The first-order valence-corrected chi connectivity index (χ1v) is 3.58. The summed E-state index contributed by atoms with van der Waals surface area (Å²) >= 11 is 0. The Hall–Kier alpha value is -0.610. The second-order valence-corrected chi connectivity index (χ2v) is 3.12. The van der Waals surface area contributed by atoms with E-state index in [0.717, 1.165) is 0 Å². The lowest BCUT2D eigenvalue weighted by molar-refractivity contribution is -0.142. The number of aliphatic hydroxyl groups is 1. The van der Waals surface area contributed by atoms with Gasteiger partial charge in [0, 0.05) is 6.42 Å². The predicted octanol–water partition coefficient (Wildman–Crippen LogP) is 0.00100. The molecule has 0 aromatic carbocycles. The molecule has 1 aliphatic heterocycles. The van der Waals surface area contributed by atoms with E-state index in [-0.39, 0.29) is 19.1 Å². The van der Waals surface area contributed by atoms with Crippen LogP contribution in [0.25, 0.3) is 0 Å². The van der Waals surface area contributed by atoms with Crippen LogP contribution in [0.2, 0.25) is 0 Å². The highest BCUT2D eigenvalue weighted by atomic mass is 16.5. The Balaban J connectivity index is 2.48. The summed E-state index contributed by atoms with van der Waals surface area (Å²) in [6.45, 7) is 1.96. The molecule has 64 valence electrons. The van der Waals surface area contributed by atoms with Crippen LogP contribution in [-0.4, -0.2) is 34.5 Å². The molecule has 1 saturated heterocycles. The number of rotatable bonds is 2. The average molecular weight is 160 g/mol. The lowest BCUT2D eigenvalue weighted by atomic mass is 9.97. The summed E-state index contributed by atoms with van der Waals surface area (Å²) in [5.41, 5.74) is -1.13. The van der Waals surface area contributed by atoms with Gasteiger partial charge in [0.05, 0.1) is 19.1 Å². The number of carboxylic acids is 1. The Bertz CT molecular complexity index is 168. The third kappa shape index (κ3) is 2.17. The van der Waals surface area contributed by atoms with E-state index in [1.807, 2.05) is 6.92 Å². The Kier molecular flexibility index (Phi) is 2.15. The van der Waals surface area contributed by atoms with Crippen molar-refractivity contribution >= 4 is 5.97 Å². The van der Waals surface area contributed by atoms with Crippen LogP contribution in [0.3, 0.4) is 0 Å². The average Bonchev–Trinajstić information content (AvgIpc) is 2.08. The Morgan fingerprint density at radius 1 is 1.82 bits per heavy atom. The van der Waals surface area contributed by atoms with Gasteiger partial charge in [0.15, 0.2) is 0 Å². The van der Waals surface area contributed by atoms with Crippen LogP contribution in [0.1, 0.15) is 19.8 Å². The summed E-state index contributed by atoms with van der Waals surface area (Å²) in [6.07, 6.45) is 0.163. The summed E-state index contributed by atoms with van der Waals surface area (Å²) in [4.78, 5) is 10.3. The van der Waals surface area contributed by atoms with E-state index in [2.05, 4.69) is 0 Å². The molecule has 0 amide bonds. The number of carbonyl (C=O) groups is 1. The van der Waals surface area contributed by atoms with Crippen LogP contribution in [0, 0.1) is 0 Å². The van der Waals surface area contributed by atoms with Crippen molar-refractivity contribution in [2.24, 2.45) is 0 Å². The van der Waals surface area contributed by atoms with E-state index in [9.17, 15) is 9.90 Å². The quantitative estimate of drug-likeness (QED) is 0.596. The molecule has 2 atom stereocenters. The molecule has 0 aromatic rings. The zero-order valence-corrected chi connectivity index (χ0v) is 6.41. The van der Waals surface area contributed by atoms with Gasteiger partial charge in [0.1, 0.15) is 5.60 Å². The maximum Gasteiger partial charge on any atom is 0.306 e. The largest absolute Gasteiger partial charge is 0.481 e. The van der Waals surface area contributed by atoms with Crippen molar-refractivity contribution in [1.29, 1.82) is 0 Å². The minimum absolute atomic E-state index is 0.0284. The number of aliphatic carboxylic acids is 1. The summed E-state index contributed by atoms with van der Waals surface area (Å²) in [7, 11) is 0. The van der Waals surface area contributed by atoms with Crippen molar-refractivity contribution in [1.82, 2.24) is 0 Å². The molecule has 11 heavy (non-hydrogen) atoms. The number of ether oxygens (including phenoxy) is 1. The van der Waals surface area contributed by atoms with Crippen molar-refractivity contribution < 1.29 is 19.7 Å². The van der Waals surface area contributed by atoms with E-state index in [1.165, 1.54) is 0 Å². The van der Waals surface area contributed by atoms with Crippen molar-refractivity contribution in [2.45, 2.75) is 31.5 Å². The van der Waals surface area contributed by atoms with Crippen molar-refractivity contribution in [3.8, 4) is 0 Å². The number of hydrogen-bond acceptors (Lipinski definition) is 3. The second kappa shape index (κ2) is 2.79. The third-order valence-electron chi connectivity index (χ3n) is 1.78. The van der Waals surface area contributed by atoms with Gasteiger partial charge in [-0.05, 0) is 6.92 Å². The highest BCUT2D eigenvalue weighted by Gasteiger charge is 2.38.